The SMILES string of the molecule is CCC(CC[NH+](C)C)C(=O)N1CCN(C(=O)c2ccc(NC(=O)c3ncc(-c4ccc(-c5cn(CC(=O)Nc6ccc(F)nn6)nc5C)c(F)c4F)n3C)cc2Cl)CC1. The highest BCUT2D eigenvalue weighted by Gasteiger charge is 2.30. The van der Waals surface area contributed by atoms with E-state index in [-0.39, 0.29) is 74.6 Å². The Hall–Kier alpha value is -6.14. The molecule has 1 aliphatic heterocycles. The predicted molar refractivity (Wildman–Crippen MR) is 213 cm³/mol. The maximum atomic E-state index is 15.7. The monoisotopic (exact) mass is 834 g/mol. The maximum Gasteiger partial charge on any atom is 0.291 e. The van der Waals surface area contributed by atoms with Gasteiger partial charge in [-0.25, -0.2) is 13.8 Å². The van der Waals surface area contributed by atoms with Crippen LogP contribution in [0.5, 0.6) is 0 Å². The van der Waals surface area contributed by atoms with Crippen molar-refractivity contribution in [3.05, 3.63) is 94.5 Å². The van der Waals surface area contributed by atoms with E-state index in [0.29, 0.717) is 31.9 Å². The van der Waals surface area contributed by atoms with E-state index in [1.807, 2.05) is 11.8 Å². The van der Waals surface area contributed by atoms with Crippen molar-refractivity contribution < 1.29 is 37.2 Å². The molecule has 1 fully saturated rings. The van der Waals surface area contributed by atoms with Gasteiger partial charge in [0.2, 0.25) is 17.8 Å². The van der Waals surface area contributed by atoms with Gasteiger partial charge in [0.05, 0.1) is 48.8 Å². The number of anilines is 2. The first-order valence-electron chi connectivity index (χ1n) is 19.0. The Morgan fingerprint density at radius 3 is 2.25 bits per heavy atom. The summed E-state index contributed by atoms with van der Waals surface area (Å²) in [4.78, 5) is 61.3. The van der Waals surface area contributed by atoms with E-state index in [1.54, 1.807) is 11.8 Å². The third kappa shape index (κ3) is 9.60. The number of aryl methyl sites for hydroxylation is 1. The van der Waals surface area contributed by atoms with E-state index in [2.05, 4.69) is 45.0 Å². The third-order valence-corrected chi connectivity index (χ3v) is 10.5. The van der Waals surface area contributed by atoms with Crippen LogP contribution in [-0.4, -0.2) is 110 Å². The first-order chi connectivity index (χ1) is 28.1. The highest BCUT2D eigenvalue weighted by atomic mass is 35.5. The average Bonchev–Trinajstić information content (AvgIpc) is 3.77. The summed E-state index contributed by atoms with van der Waals surface area (Å²) in [6, 6.07) is 9.48. The predicted octanol–water partition coefficient (Wildman–Crippen LogP) is 3.86. The summed E-state index contributed by atoms with van der Waals surface area (Å²) in [6.07, 6.45) is 4.21. The Balaban J connectivity index is 1.08. The van der Waals surface area contributed by atoms with Crippen molar-refractivity contribution >= 4 is 46.7 Å². The van der Waals surface area contributed by atoms with Gasteiger partial charge in [-0.2, -0.15) is 9.49 Å². The highest BCUT2D eigenvalue weighted by molar-refractivity contribution is 6.34. The fourth-order valence-corrected chi connectivity index (χ4v) is 7.14. The first kappa shape index (κ1) is 42.5. The van der Waals surface area contributed by atoms with Gasteiger partial charge >= 0.3 is 0 Å². The van der Waals surface area contributed by atoms with Crippen LogP contribution in [0.2, 0.25) is 5.02 Å². The molecule has 2 aromatic carbocycles. The Labute approximate surface area is 343 Å². The molecule has 0 radical (unpaired) electrons. The molecule has 1 saturated heterocycles. The number of hydrogen-bond donors (Lipinski definition) is 3. The molecule has 3 aromatic heterocycles. The fourth-order valence-electron chi connectivity index (χ4n) is 6.88. The Morgan fingerprint density at radius 2 is 1.59 bits per heavy atom. The lowest BCUT2D eigenvalue weighted by Crippen LogP contribution is -3.05. The van der Waals surface area contributed by atoms with Gasteiger partial charge in [-0.05, 0) is 49.7 Å². The number of hydrogen-bond acceptors (Lipinski definition) is 8. The molecule has 59 heavy (non-hydrogen) atoms. The van der Waals surface area contributed by atoms with Crippen molar-refractivity contribution in [3.63, 3.8) is 0 Å². The number of imidazole rings is 1. The molecular formula is C40H44ClF3N11O4+. The summed E-state index contributed by atoms with van der Waals surface area (Å²) in [5.74, 6) is -4.69. The molecule has 0 saturated carbocycles. The van der Waals surface area contributed by atoms with Gasteiger partial charge in [-0.15, -0.1) is 10.2 Å². The topological polar surface area (TPSA) is 165 Å². The molecule has 310 valence electrons. The summed E-state index contributed by atoms with van der Waals surface area (Å²) >= 11 is 6.54. The molecule has 15 nitrogen and oxygen atoms in total. The standard InChI is InChI=1S/C40H43ClF3N11O4/c1-6-24(13-14-51(3)4)39(58)53-15-17-54(18-16-53)40(59)27-8-7-25(19-30(27)41)46-38(57)37-45-20-31(52(37)5)28-10-9-26(35(43)36(28)44)29-21-55(50-23(29)2)22-34(56)47-33-12-11-32(42)48-49-33/h7-12,19-21,24H,6,13-18,22H2,1-5H3,(H,46,57)(H,47,49,56)/p+1. The van der Waals surface area contributed by atoms with Crippen LogP contribution in [0.15, 0.2) is 54.9 Å². The van der Waals surface area contributed by atoms with Crippen LogP contribution in [0.1, 0.15) is 46.4 Å². The summed E-state index contributed by atoms with van der Waals surface area (Å²) in [5, 5.41) is 16.3. The number of halogens is 4. The molecule has 4 amide bonds. The highest BCUT2D eigenvalue weighted by Crippen LogP contribution is 2.33. The van der Waals surface area contributed by atoms with Crippen molar-refractivity contribution in [3.8, 4) is 22.4 Å². The zero-order valence-electron chi connectivity index (χ0n) is 33.2. The number of rotatable bonds is 13. The molecular weight excluding hydrogens is 791 g/mol. The zero-order valence-corrected chi connectivity index (χ0v) is 33.9. The molecule has 1 aliphatic rings. The minimum atomic E-state index is -1.19. The third-order valence-electron chi connectivity index (χ3n) is 10.2. The molecule has 1 atom stereocenters. The molecule has 1 unspecified atom stereocenters. The molecule has 3 N–H and O–H groups in total. The van der Waals surface area contributed by atoms with Crippen LogP contribution in [0.4, 0.5) is 24.7 Å². The van der Waals surface area contributed by atoms with Crippen LogP contribution in [0.3, 0.4) is 0 Å². The number of nitrogens with zero attached hydrogens (tertiary/aromatic N) is 8. The maximum absolute atomic E-state index is 15.7. The van der Waals surface area contributed by atoms with Crippen LogP contribution in [-0.2, 0) is 23.2 Å². The molecule has 19 heteroatoms. The second-order valence-electron chi connectivity index (χ2n) is 14.5. The minimum Gasteiger partial charge on any atom is -0.340 e. The number of nitrogens with one attached hydrogen (secondary N) is 3. The molecule has 6 rings (SSSR count). The molecule has 0 aliphatic carbocycles. The van der Waals surface area contributed by atoms with Gasteiger partial charge in [0.15, 0.2) is 23.3 Å². The smallest absolute Gasteiger partial charge is 0.291 e. The molecule has 0 bridgehead atoms. The number of benzene rings is 2. The van der Waals surface area contributed by atoms with Crippen LogP contribution >= 0.6 is 11.6 Å². The summed E-state index contributed by atoms with van der Waals surface area (Å²) in [7, 11) is 5.60. The molecule has 0 spiro atoms. The van der Waals surface area contributed by atoms with Crippen molar-refractivity contribution in [1.29, 1.82) is 0 Å². The zero-order chi connectivity index (χ0) is 42.5. The van der Waals surface area contributed by atoms with Crippen molar-refractivity contribution in [1.82, 2.24) is 39.3 Å². The quantitative estimate of drug-likeness (QED) is 0.161. The number of aromatic nitrogens is 6. The van der Waals surface area contributed by atoms with E-state index in [1.165, 1.54) is 70.0 Å². The number of carbonyl (C=O) groups excluding carboxylic acids is 4. The Kier molecular flexibility index (Phi) is 13.1. The van der Waals surface area contributed by atoms with E-state index >= 15 is 8.78 Å². The lowest BCUT2D eigenvalue weighted by atomic mass is 10.00. The van der Waals surface area contributed by atoms with Crippen LogP contribution in [0.25, 0.3) is 22.4 Å². The van der Waals surface area contributed by atoms with Gasteiger partial charge in [-0.1, -0.05) is 24.6 Å². The van der Waals surface area contributed by atoms with Gasteiger partial charge in [0.25, 0.3) is 11.8 Å². The van der Waals surface area contributed by atoms with Crippen molar-refractivity contribution in [2.75, 3.05) is 57.5 Å². The number of quaternary nitrogens is 1. The van der Waals surface area contributed by atoms with Crippen molar-refractivity contribution in [2.45, 2.75) is 33.2 Å². The Morgan fingerprint density at radius 1 is 0.898 bits per heavy atom. The second kappa shape index (κ2) is 18.2. The van der Waals surface area contributed by atoms with E-state index in [9.17, 15) is 23.6 Å². The number of carbonyl (C=O) groups is 4. The van der Waals surface area contributed by atoms with Gasteiger partial charge in [0.1, 0.15) is 6.54 Å². The molecule has 5 aromatic rings. The van der Waals surface area contributed by atoms with Crippen LogP contribution < -0.4 is 15.5 Å². The fraction of sp³-hybridized carbons (Fsp3) is 0.350. The molecule has 4 heterocycles. The van der Waals surface area contributed by atoms with Gasteiger partial charge < -0.3 is 29.9 Å². The Bertz CT molecular complexity index is 2380. The van der Waals surface area contributed by atoms with Gasteiger partial charge in [0, 0.05) is 74.1 Å². The summed E-state index contributed by atoms with van der Waals surface area (Å²) in [5.41, 5.74) is 0.948. The lowest BCUT2D eigenvalue weighted by Gasteiger charge is -2.36. The van der Waals surface area contributed by atoms with Crippen molar-refractivity contribution in [2.24, 2.45) is 13.0 Å². The first-order valence-corrected chi connectivity index (χ1v) is 19.3. The largest absolute Gasteiger partial charge is 0.340 e. The summed E-state index contributed by atoms with van der Waals surface area (Å²) in [6.45, 7) is 5.80. The van der Waals surface area contributed by atoms with E-state index < -0.39 is 29.4 Å². The van der Waals surface area contributed by atoms with E-state index in [0.717, 1.165) is 25.5 Å². The summed E-state index contributed by atoms with van der Waals surface area (Å²) < 4.78 is 47.0. The number of piperazine rings is 1. The van der Waals surface area contributed by atoms with E-state index in [4.69, 9.17) is 11.6 Å². The number of amides is 4. The minimum absolute atomic E-state index is 0.0283. The average molecular weight is 835 g/mol. The second-order valence-corrected chi connectivity index (χ2v) is 15.0. The van der Waals surface area contributed by atoms with Gasteiger partial charge in [-0.3, -0.25) is 23.9 Å². The van der Waals surface area contributed by atoms with Crippen LogP contribution in [0, 0.1) is 30.4 Å². The lowest BCUT2D eigenvalue weighted by molar-refractivity contribution is -0.858. The normalized spacial score (nSPS) is 13.5.